The van der Waals surface area contributed by atoms with Crippen LogP contribution < -0.4 is 4.90 Å². The maximum absolute atomic E-state index is 10.6. The molecule has 1 aliphatic heterocycles. The predicted molar refractivity (Wildman–Crippen MR) is 95.6 cm³/mol. The molecule has 0 aliphatic carbocycles. The predicted octanol–water partition coefficient (Wildman–Crippen LogP) is 3.16. The minimum atomic E-state index is -0.600. The molecule has 3 aromatic rings. The zero-order valence-electron chi connectivity index (χ0n) is 13.9. The first-order valence-electron chi connectivity index (χ1n) is 8.55. The van der Waals surface area contributed by atoms with E-state index in [-0.39, 0.29) is 0 Å². The van der Waals surface area contributed by atoms with Crippen LogP contribution in [0.4, 0.5) is 5.82 Å². The van der Waals surface area contributed by atoms with Gasteiger partial charge in [-0.2, -0.15) is 0 Å². The molecular weight excluding hydrogens is 300 g/mol. The van der Waals surface area contributed by atoms with Crippen LogP contribution in [0.1, 0.15) is 26.2 Å². The minimum absolute atomic E-state index is 0.600. The maximum Gasteiger partial charge on any atom is 0.140 e. The van der Waals surface area contributed by atoms with Gasteiger partial charge in [-0.25, -0.2) is 9.97 Å². The topological polar surface area (TPSA) is 54.2 Å². The smallest absolute Gasteiger partial charge is 0.140 e. The molecular formula is C19H22N4O. The van der Waals surface area contributed by atoms with Crippen LogP contribution in [-0.4, -0.2) is 38.3 Å². The van der Waals surface area contributed by atoms with Crippen LogP contribution in [0.25, 0.3) is 16.9 Å². The Balaban J connectivity index is 1.69. The quantitative estimate of drug-likeness (QED) is 0.805. The monoisotopic (exact) mass is 322 g/mol. The van der Waals surface area contributed by atoms with E-state index in [4.69, 9.17) is 4.98 Å². The Morgan fingerprint density at radius 2 is 1.96 bits per heavy atom. The molecule has 1 aliphatic rings. The zero-order valence-corrected chi connectivity index (χ0v) is 13.9. The van der Waals surface area contributed by atoms with Gasteiger partial charge in [0.25, 0.3) is 0 Å². The Morgan fingerprint density at radius 1 is 1.12 bits per heavy atom. The van der Waals surface area contributed by atoms with Crippen LogP contribution in [0.5, 0.6) is 0 Å². The Morgan fingerprint density at radius 3 is 2.83 bits per heavy atom. The molecule has 0 bridgehead atoms. The number of piperidine rings is 1. The normalized spacial score (nSPS) is 21.3. The lowest BCUT2D eigenvalue weighted by atomic mass is 9.90. The molecule has 5 heteroatoms. The van der Waals surface area contributed by atoms with Crippen molar-refractivity contribution in [3.63, 3.8) is 0 Å². The van der Waals surface area contributed by atoms with Gasteiger partial charge in [0, 0.05) is 13.1 Å². The lowest BCUT2D eigenvalue weighted by Gasteiger charge is -2.39. The van der Waals surface area contributed by atoms with Crippen molar-refractivity contribution in [2.24, 2.45) is 0 Å². The highest BCUT2D eigenvalue weighted by molar-refractivity contribution is 5.76. The Bertz CT molecular complexity index is 859. The van der Waals surface area contributed by atoms with Crippen molar-refractivity contribution < 1.29 is 5.11 Å². The number of pyridine rings is 1. The number of aromatic nitrogens is 3. The van der Waals surface area contributed by atoms with Crippen molar-refractivity contribution >= 4 is 16.9 Å². The molecule has 0 radical (unpaired) electrons. The van der Waals surface area contributed by atoms with E-state index in [0.717, 1.165) is 48.5 Å². The SMILES string of the molecule is CCC1(O)CCCN(c2cccc(-n3cnc4ccccc43)n2)C1. The Labute approximate surface area is 141 Å². The van der Waals surface area contributed by atoms with Gasteiger partial charge < -0.3 is 10.0 Å². The van der Waals surface area contributed by atoms with Crippen LogP contribution in [-0.2, 0) is 0 Å². The van der Waals surface area contributed by atoms with Gasteiger partial charge in [-0.3, -0.25) is 4.57 Å². The van der Waals surface area contributed by atoms with Gasteiger partial charge >= 0.3 is 0 Å². The van der Waals surface area contributed by atoms with Crippen LogP contribution >= 0.6 is 0 Å². The van der Waals surface area contributed by atoms with Gasteiger partial charge in [0.05, 0.1) is 16.6 Å². The fourth-order valence-electron chi connectivity index (χ4n) is 3.46. The summed E-state index contributed by atoms with van der Waals surface area (Å²) in [6.07, 6.45) is 4.45. The molecule has 1 unspecified atom stereocenters. The van der Waals surface area contributed by atoms with Gasteiger partial charge in [-0.05, 0) is 43.5 Å². The van der Waals surface area contributed by atoms with E-state index in [1.807, 2.05) is 60.3 Å². The lowest BCUT2D eigenvalue weighted by molar-refractivity contribution is 0.0221. The first-order valence-corrected chi connectivity index (χ1v) is 8.55. The third-order valence-corrected chi connectivity index (χ3v) is 4.96. The molecule has 124 valence electrons. The summed E-state index contributed by atoms with van der Waals surface area (Å²) in [5, 5.41) is 10.6. The van der Waals surface area contributed by atoms with Gasteiger partial charge in [-0.15, -0.1) is 0 Å². The van der Waals surface area contributed by atoms with Crippen molar-refractivity contribution in [1.29, 1.82) is 0 Å². The molecule has 0 saturated carbocycles. The first kappa shape index (κ1) is 15.1. The lowest BCUT2D eigenvalue weighted by Crippen LogP contribution is -2.48. The number of aliphatic hydroxyl groups is 1. The van der Waals surface area contributed by atoms with Gasteiger partial charge in [0.15, 0.2) is 0 Å². The summed E-state index contributed by atoms with van der Waals surface area (Å²) in [7, 11) is 0. The summed E-state index contributed by atoms with van der Waals surface area (Å²) in [5.41, 5.74) is 1.41. The van der Waals surface area contributed by atoms with E-state index in [1.165, 1.54) is 0 Å². The van der Waals surface area contributed by atoms with E-state index in [0.29, 0.717) is 6.54 Å². The third-order valence-electron chi connectivity index (χ3n) is 4.96. The summed E-state index contributed by atoms with van der Waals surface area (Å²) in [5.74, 6) is 1.77. The molecule has 1 aromatic carbocycles. The summed E-state index contributed by atoms with van der Waals surface area (Å²) < 4.78 is 2.01. The highest BCUT2D eigenvalue weighted by Gasteiger charge is 2.32. The minimum Gasteiger partial charge on any atom is -0.388 e. The van der Waals surface area contributed by atoms with Gasteiger partial charge in [0.2, 0.25) is 0 Å². The Kier molecular flexibility index (Phi) is 3.73. The Hall–Kier alpha value is -2.40. The van der Waals surface area contributed by atoms with E-state index < -0.39 is 5.60 Å². The first-order chi connectivity index (χ1) is 11.7. The van der Waals surface area contributed by atoms with E-state index in [1.54, 1.807) is 0 Å². The standard InChI is InChI=1S/C19H22N4O/c1-2-19(24)11-6-12-22(13-19)17-9-5-10-18(21-17)23-14-20-15-7-3-4-8-16(15)23/h3-5,7-10,14,24H,2,6,11-13H2,1H3. The second kappa shape index (κ2) is 5.91. The average molecular weight is 322 g/mol. The summed E-state index contributed by atoms with van der Waals surface area (Å²) in [6.45, 7) is 3.62. The van der Waals surface area contributed by atoms with Crippen molar-refractivity contribution in [3.05, 3.63) is 48.8 Å². The van der Waals surface area contributed by atoms with E-state index in [2.05, 4.69) is 9.88 Å². The molecule has 0 amide bonds. The van der Waals surface area contributed by atoms with Crippen LogP contribution in [0.2, 0.25) is 0 Å². The van der Waals surface area contributed by atoms with Crippen LogP contribution in [0.3, 0.4) is 0 Å². The number of anilines is 1. The molecule has 1 atom stereocenters. The third kappa shape index (κ3) is 2.65. The summed E-state index contributed by atoms with van der Waals surface area (Å²) in [6, 6.07) is 14.1. The number of rotatable bonds is 3. The molecule has 0 spiro atoms. The average Bonchev–Trinajstić information content (AvgIpc) is 3.06. The maximum atomic E-state index is 10.6. The van der Waals surface area contributed by atoms with Crippen LogP contribution in [0.15, 0.2) is 48.8 Å². The molecule has 1 saturated heterocycles. The molecule has 24 heavy (non-hydrogen) atoms. The number of hydrogen-bond acceptors (Lipinski definition) is 4. The van der Waals surface area contributed by atoms with E-state index >= 15 is 0 Å². The zero-order chi connectivity index (χ0) is 16.6. The van der Waals surface area contributed by atoms with Crippen molar-refractivity contribution in [2.45, 2.75) is 31.8 Å². The van der Waals surface area contributed by atoms with Gasteiger partial charge in [0.1, 0.15) is 18.0 Å². The molecule has 2 aromatic heterocycles. The highest BCUT2D eigenvalue weighted by atomic mass is 16.3. The van der Waals surface area contributed by atoms with E-state index in [9.17, 15) is 5.11 Å². The summed E-state index contributed by atoms with van der Waals surface area (Å²) in [4.78, 5) is 11.5. The number of benzene rings is 1. The number of para-hydroxylation sites is 2. The molecule has 1 fully saturated rings. The van der Waals surface area contributed by atoms with Crippen molar-refractivity contribution in [1.82, 2.24) is 14.5 Å². The number of hydrogen-bond donors (Lipinski definition) is 1. The fraction of sp³-hybridized carbons (Fsp3) is 0.368. The van der Waals surface area contributed by atoms with Crippen molar-refractivity contribution in [3.8, 4) is 5.82 Å². The molecule has 3 heterocycles. The number of fused-ring (bicyclic) bond motifs is 1. The van der Waals surface area contributed by atoms with Crippen molar-refractivity contribution in [2.75, 3.05) is 18.0 Å². The second-order valence-electron chi connectivity index (χ2n) is 6.56. The number of β-amino-alcohol motifs (C(OH)–C–C–N with tert-alkyl or cyclic N) is 1. The molecule has 4 rings (SSSR count). The van der Waals surface area contributed by atoms with Gasteiger partial charge in [-0.1, -0.05) is 25.1 Å². The summed E-state index contributed by atoms with van der Waals surface area (Å²) >= 11 is 0. The number of imidazole rings is 1. The second-order valence-corrected chi connectivity index (χ2v) is 6.56. The highest BCUT2D eigenvalue weighted by Crippen LogP contribution is 2.28. The molecule has 1 N–H and O–H groups in total. The molecule has 5 nitrogen and oxygen atoms in total. The largest absolute Gasteiger partial charge is 0.388 e. The number of nitrogens with zero attached hydrogens (tertiary/aromatic N) is 4. The van der Waals surface area contributed by atoms with Crippen LogP contribution in [0, 0.1) is 0 Å². The fourth-order valence-corrected chi connectivity index (χ4v) is 3.46.